The highest BCUT2D eigenvalue weighted by atomic mass is 35.5. The number of thioether (sulfide) groups is 1. The lowest BCUT2D eigenvalue weighted by atomic mass is 10.1. The Morgan fingerprint density at radius 1 is 1.33 bits per heavy atom. The van der Waals surface area contributed by atoms with E-state index < -0.39 is 5.97 Å². The van der Waals surface area contributed by atoms with Crippen molar-refractivity contribution in [2.75, 3.05) is 19.9 Å². The number of nitrogens with one attached hydrogen (secondary N) is 1. The molecule has 3 heterocycles. The van der Waals surface area contributed by atoms with Crippen molar-refractivity contribution in [3.63, 3.8) is 0 Å². The minimum Gasteiger partial charge on any atom is -0.464 e. The van der Waals surface area contributed by atoms with Gasteiger partial charge in [0.25, 0.3) is 5.56 Å². The van der Waals surface area contributed by atoms with E-state index in [1.54, 1.807) is 0 Å². The van der Waals surface area contributed by atoms with Crippen LogP contribution in [0.4, 0.5) is 0 Å². The van der Waals surface area contributed by atoms with Crippen LogP contribution in [0.5, 0.6) is 0 Å². The van der Waals surface area contributed by atoms with Gasteiger partial charge in [-0.2, -0.15) is 5.10 Å². The Bertz CT molecular complexity index is 1150. The molecule has 1 aliphatic rings. The van der Waals surface area contributed by atoms with Crippen LogP contribution in [0.2, 0.25) is 5.15 Å². The average Bonchev–Trinajstić information content (AvgIpc) is 3.10. The lowest BCUT2D eigenvalue weighted by molar-refractivity contribution is 0.0591. The van der Waals surface area contributed by atoms with Crippen LogP contribution in [0.15, 0.2) is 40.3 Å². The molecule has 0 bridgehead atoms. The van der Waals surface area contributed by atoms with Crippen LogP contribution in [0, 0.1) is 0 Å². The van der Waals surface area contributed by atoms with Crippen molar-refractivity contribution in [2.24, 2.45) is 0 Å². The summed E-state index contributed by atoms with van der Waals surface area (Å²) in [5.41, 5.74) is 2.81. The van der Waals surface area contributed by atoms with E-state index in [9.17, 15) is 9.59 Å². The summed E-state index contributed by atoms with van der Waals surface area (Å²) < 4.78 is 6.44. The van der Waals surface area contributed by atoms with Gasteiger partial charge in [-0.15, -0.1) is 0 Å². The summed E-state index contributed by atoms with van der Waals surface area (Å²) in [5.74, 6) is -0.553. The van der Waals surface area contributed by atoms with Gasteiger partial charge >= 0.3 is 5.97 Å². The second-order valence-electron chi connectivity index (χ2n) is 6.82. The third kappa shape index (κ3) is 3.88. The van der Waals surface area contributed by atoms with Crippen molar-refractivity contribution in [1.29, 1.82) is 0 Å². The van der Waals surface area contributed by atoms with Crippen molar-refractivity contribution in [2.45, 2.75) is 24.7 Å². The Labute approximate surface area is 182 Å². The number of nitrogens with zero attached hydrogens (tertiary/aromatic N) is 4. The number of aromatic nitrogens is 4. The maximum absolute atomic E-state index is 12.5. The minimum atomic E-state index is -0.553. The molecule has 0 aliphatic carbocycles. The molecule has 4 rings (SSSR count). The molecule has 2 aromatic heterocycles. The number of carbonyl (C=O) groups is 1. The number of H-pyrrole nitrogens is 1. The zero-order valence-electron chi connectivity index (χ0n) is 16.5. The number of hydrogen-bond acceptors (Lipinski definition) is 7. The fourth-order valence-corrected chi connectivity index (χ4v) is 4.17. The van der Waals surface area contributed by atoms with Gasteiger partial charge in [0.05, 0.1) is 24.1 Å². The number of aromatic amines is 1. The predicted molar refractivity (Wildman–Crippen MR) is 114 cm³/mol. The first-order chi connectivity index (χ1) is 14.5. The molecule has 0 saturated carbocycles. The molecule has 0 spiro atoms. The van der Waals surface area contributed by atoms with E-state index >= 15 is 0 Å². The SMILES string of the molecule is COC(=O)c1nn(-c2ccccc2)c(Cl)c1CN1CCc2nc(SC)[nH]c(=O)c2C1. The van der Waals surface area contributed by atoms with Crippen molar-refractivity contribution >= 4 is 29.3 Å². The normalized spacial score (nSPS) is 13.8. The molecular weight excluding hydrogens is 426 g/mol. The highest BCUT2D eigenvalue weighted by molar-refractivity contribution is 7.98. The van der Waals surface area contributed by atoms with Gasteiger partial charge in [-0.1, -0.05) is 41.6 Å². The highest BCUT2D eigenvalue weighted by Crippen LogP contribution is 2.27. The molecule has 0 unspecified atom stereocenters. The van der Waals surface area contributed by atoms with Gasteiger partial charge in [0.15, 0.2) is 10.9 Å². The molecule has 156 valence electrons. The molecule has 1 N–H and O–H groups in total. The van der Waals surface area contributed by atoms with Gasteiger partial charge in [-0.3, -0.25) is 9.69 Å². The summed E-state index contributed by atoms with van der Waals surface area (Å²) in [6, 6.07) is 9.34. The lowest BCUT2D eigenvalue weighted by Gasteiger charge is -2.27. The van der Waals surface area contributed by atoms with Crippen molar-refractivity contribution in [3.05, 3.63) is 68.4 Å². The number of ether oxygens (including phenoxy) is 1. The molecule has 0 atom stereocenters. The van der Waals surface area contributed by atoms with E-state index in [1.165, 1.54) is 23.6 Å². The van der Waals surface area contributed by atoms with Crippen LogP contribution in [-0.4, -0.2) is 50.5 Å². The van der Waals surface area contributed by atoms with Gasteiger partial charge in [0, 0.05) is 31.6 Å². The van der Waals surface area contributed by atoms with Crippen LogP contribution < -0.4 is 5.56 Å². The van der Waals surface area contributed by atoms with Crippen LogP contribution >= 0.6 is 23.4 Å². The van der Waals surface area contributed by atoms with Crippen LogP contribution in [0.1, 0.15) is 27.3 Å². The summed E-state index contributed by atoms with van der Waals surface area (Å²) in [6.45, 7) is 1.46. The molecule has 0 amide bonds. The smallest absolute Gasteiger partial charge is 0.358 e. The van der Waals surface area contributed by atoms with E-state index in [-0.39, 0.29) is 11.3 Å². The number of rotatable bonds is 5. The van der Waals surface area contributed by atoms with Crippen LogP contribution in [-0.2, 0) is 24.2 Å². The van der Waals surface area contributed by atoms with Crippen LogP contribution in [0.25, 0.3) is 5.69 Å². The number of esters is 1. The second-order valence-corrected chi connectivity index (χ2v) is 7.97. The Kier molecular flexibility index (Phi) is 5.94. The maximum atomic E-state index is 12.5. The average molecular weight is 446 g/mol. The van der Waals surface area contributed by atoms with Gasteiger partial charge in [0.2, 0.25) is 0 Å². The van der Waals surface area contributed by atoms with Gasteiger partial charge in [-0.05, 0) is 18.4 Å². The maximum Gasteiger partial charge on any atom is 0.358 e. The molecule has 0 saturated heterocycles. The van der Waals surface area contributed by atoms with Crippen molar-refractivity contribution in [1.82, 2.24) is 24.6 Å². The Hall–Kier alpha value is -2.62. The Morgan fingerprint density at radius 2 is 2.10 bits per heavy atom. The molecule has 10 heteroatoms. The highest BCUT2D eigenvalue weighted by Gasteiger charge is 2.28. The number of benzene rings is 1. The predicted octanol–water partition coefficient (Wildman–Crippen LogP) is 2.68. The molecule has 0 radical (unpaired) electrons. The number of methoxy groups -OCH3 is 1. The third-order valence-corrected chi connectivity index (χ3v) is 5.97. The van der Waals surface area contributed by atoms with E-state index in [0.717, 1.165) is 11.4 Å². The number of carbonyl (C=O) groups excluding carboxylic acids is 1. The zero-order chi connectivity index (χ0) is 21.3. The molecule has 1 aliphatic heterocycles. The molecule has 3 aromatic rings. The standard InChI is InChI=1S/C20H20ClN5O3S/c1-29-19(28)16-14(17(21)26(24-16)12-6-4-3-5-7-12)11-25-9-8-15-13(10-25)18(27)23-20(22-15)30-2/h3-7H,8-11H2,1-2H3,(H,22,23,27). The van der Waals surface area contributed by atoms with Crippen molar-refractivity contribution < 1.29 is 9.53 Å². The van der Waals surface area contributed by atoms with Gasteiger partial charge in [-0.25, -0.2) is 14.5 Å². The molecular formula is C20H20ClN5O3S. The Balaban J connectivity index is 1.67. The number of halogens is 1. The fraction of sp³-hybridized carbons (Fsp3) is 0.300. The summed E-state index contributed by atoms with van der Waals surface area (Å²) in [4.78, 5) is 34.2. The van der Waals surface area contributed by atoms with E-state index in [4.69, 9.17) is 16.3 Å². The lowest BCUT2D eigenvalue weighted by Crippen LogP contribution is -2.35. The summed E-state index contributed by atoms with van der Waals surface area (Å²) >= 11 is 8.05. The van der Waals surface area contributed by atoms with Gasteiger partial charge in [0.1, 0.15) is 5.15 Å². The molecule has 1 aromatic carbocycles. The largest absolute Gasteiger partial charge is 0.464 e. The number of para-hydroxylation sites is 1. The molecule has 30 heavy (non-hydrogen) atoms. The Morgan fingerprint density at radius 3 is 2.80 bits per heavy atom. The van der Waals surface area contributed by atoms with E-state index in [1.807, 2.05) is 36.6 Å². The summed E-state index contributed by atoms with van der Waals surface area (Å²) in [5, 5.41) is 5.36. The first kappa shape index (κ1) is 20.6. The molecule has 0 fully saturated rings. The first-order valence-electron chi connectivity index (χ1n) is 9.31. The zero-order valence-corrected chi connectivity index (χ0v) is 18.1. The molecule has 8 nitrogen and oxygen atoms in total. The van der Waals surface area contributed by atoms with Crippen molar-refractivity contribution in [3.8, 4) is 5.69 Å². The number of fused-ring (bicyclic) bond motifs is 1. The first-order valence-corrected chi connectivity index (χ1v) is 10.9. The van der Waals surface area contributed by atoms with Crippen LogP contribution in [0.3, 0.4) is 0 Å². The number of hydrogen-bond donors (Lipinski definition) is 1. The van der Waals surface area contributed by atoms with Gasteiger partial charge < -0.3 is 9.72 Å². The van der Waals surface area contributed by atoms with E-state index in [2.05, 4.69) is 20.0 Å². The summed E-state index contributed by atoms with van der Waals surface area (Å²) in [6.07, 6.45) is 2.52. The summed E-state index contributed by atoms with van der Waals surface area (Å²) in [7, 11) is 1.31. The minimum absolute atomic E-state index is 0.131. The monoisotopic (exact) mass is 445 g/mol. The fourth-order valence-electron chi connectivity index (χ4n) is 3.48. The third-order valence-electron chi connectivity index (χ3n) is 5.00. The second kappa shape index (κ2) is 8.63. The van der Waals surface area contributed by atoms with E-state index in [0.29, 0.717) is 47.5 Å². The quantitative estimate of drug-likeness (QED) is 0.366. The topological polar surface area (TPSA) is 93.1 Å².